The maximum absolute atomic E-state index is 9.24. The van der Waals surface area contributed by atoms with Crippen LogP contribution in [0.1, 0.15) is 12.1 Å². The SMILES string of the molecule is Cc1nn2c(c1B(O)O)N(C)CCC2. The van der Waals surface area contributed by atoms with Crippen molar-refractivity contribution in [2.45, 2.75) is 19.9 Å². The summed E-state index contributed by atoms with van der Waals surface area (Å²) in [7, 11) is 0.511. The predicted molar refractivity (Wildman–Crippen MR) is 54.7 cm³/mol. The van der Waals surface area contributed by atoms with Crippen molar-refractivity contribution in [3.63, 3.8) is 0 Å². The van der Waals surface area contributed by atoms with Crippen LogP contribution >= 0.6 is 0 Å². The van der Waals surface area contributed by atoms with Crippen molar-refractivity contribution in [2.24, 2.45) is 0 Å². The Balaban J connectivity index is 2.54. The molecule has 1 aromatic rings. The molecule has 0 atom stereocenters. The van der Waals surface area contributed by atoms with Crippen LogP contribution in [0.15, 0.2) is 0 Å². The third kappa shape index (κ3) is 1.31. The first kappa shape index (κ1) is 9.55. The van der Waals surface area contributed by atoms with Crippen LogP contribution in [0.5, 0.6) is 0 Å². The molecule has 0 unspecified atom stereocenters. The van der Waals surface area contributed by atoms with Crippen molar-refractivity contribution >= 4 is 18.4 Å². The topological polar surface area (TPSA) is 61.5 Å². The quantitative estimate of drug-likeness (QED) is 0.547. The summed E-state index contributed by atoms with van der Waals surface area (Å²) in [4.78, 5) is 2.01. The maximum Gasteiger partial charge on any atom is 0.494 e. The van der Waals surface area contributed by atoms with Crippen LogP contribution in [0, 0.1) is 6.92 Å². The summed E-state index contributed by atoms with van der Waals surface area (Å²) in [6.45, 7) is 3.59. The molecule has 0 amide bonds. The molecule has 0 fully saturated rings. The molecule has 0 aliphatic carbocycles. The molecule has 1 aliphatic rings. The summed E-state index contributed by atoms with van der Waals surface area (Å²) in [6, 6.07) is 0. The van der Waals surface area contributed by atoms with Gasteiger partial charge in [0, 0.05) is 25.6 Å². The molecule has 0 saturated heterocycles. The minimum Gasteiger partial charge on any atom is -0.423 e. The first-order valence-electron chi connectivity index (χ1n) is 4.76. The Morgan fingerprint density at radius 3 is 2.71 bits per heavy atom. The van der Waals surface area contributed by atoms with Gasteiger partial charge in [0.25, 0.3) is 0 Å². The summed E-state index contributed by atoms with van der Waals surface area (Å²) >= 11 is 0. The summed E-state index contributed by atoms with van der Waals surface area (Å²) in [6.07, 6.45) is 1.05. The number of anilines is 1. The highest BCUT2D eigenvalue weighted by Crippen LogP contribution is 2.17. The Hall–Kier alpha value is -1.01. The third-order valence-electron chi connectivity index (χ3n) is 2.63. The van der Waals surface area contributed by atoms with Crippen molar-refractivity contribution in [1.82, 2.24) is 9.78 Å². The van der Waals surface area contributed by atoms with Crippen LogP contribution in [-0.2, 0) is 6.54 Å². The molecular weight excluding hydrogens is 181 g/mol. The number of fused-ring (bicyclic) bond motifs is 1. The first-order valence-corrected chi connectivity index (χ1v) is 4.76. The minimum atomic E-state index is -1.43. The second-order valence-electron chi connectivity index (χ2n) is 3.69. The van der Waals surface area contributed by atoms with Crippen LogP contribution in [-0.4, -0.2) is 40.5 Å². The molecule has 1 aliphatic heterocycles. The standard InChI is InChI=1S/C8H14BN3O2/c1-6-7(9(13)14)8-11(2)4-3-5-12(8)10-6/h13-14H,3-5H2,1-2H3. The van der Waals surface area contributed by atoms with Gasteiger partial charge in [-0.15, -0.1) is 0 Å². The van der Waals surface area contributed by atoms with E-state index in [0.717, 1.165) is 25.3 Å². The van der Waals surface area contributed by atoms with E-state index in [4.69, 9.17) is 0 Å². The van der Waals surface area contributed by atoms with Gasteiger partial charge in [0.05, 0.1) is 5.69 Å². The van der Waals surface area contributed by atoms with Gasteiger partial charge in [0.1, 0.15) is 5.82 Å². The van der Waals surface area contributed by atoms with E-state index in [1.54, 1.807) is 6.92 Å². The Labute approximate surface area is 83.1 Å². The van der Waals surface area contributed by atoms with Gasteiger partial charge in [-0.25, -0.2) is 4.68 Å². The van der Waals surface area contributed by atoms with Gasteiger partial charge in [0.15, 0.2) is 0 Å². The molecule has 0 radical (unpaired) electrons. The van der Waals surface area contributed by atoms with Crippen LogP contribution < -0.4 is 10.4 Å². The highest BCUT2D eigenvalue weighted by Gasteiger charge is 2.28. The van der Waals surface area contributed by atoms with E-state index in [0.29, 0.717) is 11.2 Å². The lowest BCUT2D eigenvalue weighted by Gasteiger charge is -2.26. The van der Waals surface area contributed by atoms with Crippen LogP contribution in [0.4, 0.5) is 5.82 Å². The smallest absolute Gasteiger partial charge is 0.423 e. The maximum atomic E-state index is 9.24. The van der Waals surface area contributed by atoms with E-state index in [1.807, 2.05) is 16.6 Å². The van der Waals surface area contributed by atoms with Gasteiger partial charge in [-0.2, -0.15) is 5.10 Å². The van der Waals surface area contributed by atoms with Crippen molar-refractivity contribution in [1.29, 1.82) is 0 Å². The molecule has 0 spiro atoms. The van der Waals surface area contributed by atoms with Gasteiger partial charge in [-0.05, 0) is 13.3 Å². The molecule has 5 nitrogen and oxygen atoms in total. The lowest BCUT2D eigenvalue weighted by atomic mass is 9.79. The van der Waals surface area contributed by atoms with E-state index in [9.17, 15) is 10.0 Å². The number of nitrogens with zero attached hydrogens (tertiary/aromatic N) is 3. The second kappa shape index (κ2) is 3.29. The second-order valence-corrected chi connectivity index (χ2v) is 3.69. The number of aromatic nitrogens is 2. The molecule has 0 bridgehead atoms. The highest BCUT2D eigenvalue weighted by molar-refractivity contribution is 6.61. The van der Waals surface area contributed by atoms with Gasteiger partial charge < -0.3 is 14.9 Å². The zero-order valence-electron chi connectivity index (χ0n) is 8.43. The lowest BCUT2D eigenvalue weighted by Crippen LogP contribution is -2.39. The number of hydrogen-bond acceptors (Lipinski definition) is 4. The van der Waals surface area contributed by atoms with Gasteiger partial charge >= 0.3 is 7.12 Å². The Bertz CT molecular complexity index is 351. The average Bonchev–Trinajstić information content (AvgIpc) is 2.42. The summed E-state index contributed by atoms with van der Waals surface area (Å²) in [5.74, 6) is 0.837. The average molecular weight is 195 g/mol. The van der Waals surface area contributed by atoms with E-state index in [-0.39, 0.29) is 0 Å². The van der Waals surface area contributed by atoms with Crippen molar-refractivity contribution in [3.8, 4) is 0 Å². The fraction of sp³-hybridized carbons (Fsp3) is 0.625. The van der Waals surface area contributed by atoms with Gasteiger partial charge in [0.2, 0.25) is 0 Å². The Morgan fingerprint density at radius 1 is 1.36 bits per heavy atom. The number of hydrogen-bond donors (Lipinski definition) is 2. The minimum absolute atomic E-state index is 0.534. The molecule has 2 N–H and O–H groups in total. The first-order chi connectivity index (χ1) is 6.61. The third-order valence-corrected chi connectivity index (χ3v) is 2.63. The Morgan fingerprint density at radius 2 is 2.07 bits per heavy atom. The van der Waals surface area contributed by atoms with E-state index >= 15 is 0 Å². The number of rotatable bonds is 1. The predicted octanol–water partition coefficient (Wildman–Crippen LogP) is -1.29. The fourth-order valence-corrected chi connectivity index (χ4v) is 2.01. The van der Waals surface area contributed by atoms with Crippen LogP contribution in [0.25, 0.3) is 0 Å². The molecule has 0 aromatic carbocycles. The van der Waals surface area contributed by atoms with E-state index in [2.05, 4.69) is 5.10 Å². The van der Waals surface area contributed by atoms with Gasteiger partial charge in [-0.3, -0.25) is 0 Å². The van der Waals surface area contributed by atoms with E-state index < -0.39 is 7.12 Å². The van der Waals surface area contributed by atoms with Crippen molar-refractivity contribution in [3.05, 3.63) is 5.69 Å². The molecule has 2 heterocycles. The van der Waals surface area contributed by atoms with Crippen molar-refractivity contribution < 1.29 is 10.0 Å². The fourth-order valence-electron chi connectivity index (χ4n) is 2.01. The van der Waals surface area contributed by atoms with E-state index in [1.165, 1.54) is 0 Å². The zero-order chi connectivity index (χ0) is 10.3. The molecule has 6 heteroatoms. The van der Waals surface area contributed by atoms with Crippen molar-refractivity contribution in [2.75, 3.05) is 18.5 Å². The highest BCUT2D eigenvalue weighted by atomic mass is 16.4. The molecule has 1 aromatic heterocycles. The lowest BCUT2D eigenvalue weighted by molar-refractivity contribution is 0.425. The molecule has 2 rings (SSSR count). The zero-order valence-corrected chi connectivity index (χ0v) is 8.43. The monoisotopic (exact) mass is 195 g/mol. The molecule has 76 valence electrons. The van der Waals surface area contributed by atoms with Crippen LogP contribution in [0.2, 0.25) is 0 Å². The Kier molecular flexibility index (Phi) is 2.24. The molecule has 0 saturated carbocycles. The largest absolute Gasteiger partial charge is 0.494 e. The van der Waals surface area contributed by atoms with Gasteiger partial charge in [-0.1, -0.05) is 0 Å². The number of aryl methyl sites for hydroxylation is 2. The summed E-state index contributed by atoms with van der Waals surface area (Å²) in [5, 5.41) is 22.8. The molecule has 14 heavy (non-hydrogen) atoms. The summed E-state index contributed by atoms with van der Waals surface area (Å²) in [5.41, 5.74) is 1.23. The van der Waals surface area contributed by atoms with Crippen LogP contribution in [0.3, 0.4) is 0 Å². The molecular formula is C8H14BN3O2. The summed E-state index contributed by atoms with van der Waals surface area (Å²) < 4.78 is 1.84. The normalized spacial score (nSPS) is 15.6.